The van der Waals surface area contributed by atoms with Gasteiger partial charge in [0, 0.05) is 31.9 Å². The quantitative estimate of drug-likeness (QED) is 0.744. The van der Waals surface area contributed by atoms with Crippen molar-refractivity contribution in [3.63, 3.8) is 0 Å². The van der Waals surface area contributed by atoms with Crippen molar-refractivity contribution in [2.75, 3.05) is 32.1 Å². The topological polar surface area (TPSA) is 67.3 Å². The van der Waals surface area contributed by atoms with E-state index in [0.29, 0.717) is 6.04 Å². The van der Waals surface area contributed by atoms with Gasteiger partial charge in [-0.2, -0.15) is 0 Å². The van der Waals surface area contributed by atoms with E-state index in [-0.39, 0.29) is 5.82 Å². The standard InChI is InChI=1S/C11H16N4O2/c1-7-4-9(15(2)8-5-12-6-8)14-10(13-7)11(16)17-3/h4,8,12H,5-6H2,1-3H3. The average molecular weight is 236 g/mol. The molecule has 92 valence electrons. The Labute approximate surface area is 100 Å². The molecule has 0 aromatic carbocycles. The number of nitrogens with zero attached hydrogens (tertiary/aromatic N) is 3. The monoisotopic (exact) mass is 236 g/mol. The number of carbonyl (C=O) groups is 1. The van der Waals surface area contributed by atoms with Gasteiger partial charge in [0.2, 0.25) is 5.82 Å². The highest BCUT2D eigenvalue weighted by Crippen LogP contribution is 2.15. The Morgan fingerprint density at radius 2 is 2.24 bits per heavy atom. The van der Waals surface area contributed by atoms with Crippen LogP contribution in [0.3, 0.4) is 0 Å². The van der Waals surface area contributed by atoms with Crippen LogP contribution in [0.25, 0.3) is 0 Å². The minimum absolute atomic E-state index is 0.113. The number of nitrogens with one attached hydrogen (secondary N) is 1. The Bertz CT molecular complexity index is 431. The van der Waals surface area contributed by atoms with Crippen molar-refractivity contribution in [2.24, 2.45) is 0 Å². The zero-order chi connectivity index (χ0) is 12.4. The Hall–Kier alpha value is -1.69. The number of rotatable bonds is 3. The first-order valence-corrected chi connectivity index (χ1v) is 5.49. The highest BCUT2D eigenvalue weighted by atomic mass is 16.5. The summed E-state index contributed by atoms with van der Waals surface area (Å²) in [7, 11) is 3.29. The Kier molecular flexibility index (Phi) is 3.23. The molecule has 1 aromatic rings. The fraction of sp³-hybridized carbons (Fsp3) is 0.545. The van der Waals surface area contributed by atoms with E-state index in [1.807, 2.05) is 20.0 Å². The molecule has 1 aliphatic rings. The maximum atomic E-state index is 11.4. The number of methoxy groups -OCH3 is 1. The van der Waals surface area contributed by atoms with Crippen LogP contribution in [0.15, 0.2) is 6.07 Å². The van der Waals surface area contributed by atoms with Crippen LogP contribution >= 0.6 is 0 Å². The van der Waals surface area contributed by atoms with Crippen LogP contribution in [0.4, 0.5) is 5.82 Å². The van der Waals surface area contributed by atoms with Crippen molar-refractivity contribution in [3.8, 4) is 0 Å². The van der Waals surface area contributed by atoms with E-state index >= 15 is 0 Å². The molecule has 1 fully saturated rings. The second-order valence-corrected chi connectivity index (χ2v) is 4.11. The van der Waals surface area contributed by atoms with Gasteiger partial charge in [0.05, 0.1) is 13.2 Å². The van der Waals surface area contributed by atoms with Gasteiger partial charge < -0.3 is 15.0 Å². The van der Waals surface area contributed by atoms with Gasteiger partial charge in [-0.15, -0.1) is 0 Å². The van der Waals surface area contributed by atoms with Gasteiger partial charge in [-0.3, -0.25) is 0 Å². The van der Waals surface area contributed by atoms with Gasteiger partial charge in [0.25, 0.3) is 0 Å². The van der Waals surface area contributed by atoms with Crippen LogP contribution in [-0.4, -0.2) is 49.2 Å². The third-order valence-corrected chi connectivity index (χ3v) is 2.88. The minimum atomic E-state index is -0.505. The Morgan fingerprint density at radius 1 is 1.53 bits per heavy atom. The number of likely N-dealkylation sites (N-methyl/N-ethyl adjacent to an activating group) is 1. The molecule has 0 unspecified atom stereocenters. The highest BCUT2D eigenvalue weighted by Gasteiger charge is 2.23. The Balaban J connectivity index is 2.27. The maximum Gasteiger partial charge on any atom is 0.376 e. The summed E-state index contributed by atoms with van der Waals surface area (Å²) >= 11 is 0. The third-order valence-electron chi connectivity index (χ3n) is 2.88. The lowest BCUT2D eigenvalue weighted by Crippen LogP contribution is -2.56. The van der Waals surface area contributed by atoms with Crippen molar-refractivity contribution in [1.82, 2.24) is 15.3 Å². The molecule has 1 aromatic heterocycles. The second kappa shape index (κ2) is 4.67. The third kappa shape index (κ3) is 2.36. The normalized spacial score (nSPS) is 15.2. The predicted octanol–water partition coefficient (Wildman–Crippen LogP) is -0.0204. The van der Waals surface area contributed by atoms with Crippen molar-refractivity contribution in [2.45, 2.75) is 13.0 Å². The number of esters is 1. The largest absolute Gasteiger partial charge is 0.463 e. The maximum absolute atomic E-state index is 11.4. The van der Waals surface area contributed by atoms with Crippen LogP contribution in [0.5, 0.6) is 0 Å². The van der Waals surface area contributed by atoms with Crippen molar-refractivity contribution in [3.05, 3.63) is 17.6 Å². The number of anilines is 1. The molecule has 6 heteroatoms. The van der Waals surface area contributed by atoms with Gasteiger partial charge in [-0.05, 0) is 6.92 Å². The highest BCUT2D eigenvalue weighted by molar-refractivity contribution is 5.85. The fourth-order valence-corrected chi connectivity index (χ4v) is 1.65. The van der Waals surface area contributed by atoms with Crippen LogP contribution in [0.1, 0.15) is 16.3 Å². The molecule has 0 saturated carbocycles. The lowest BCUT2D eigenvalue weighted by atomic mass is 10.1. The smallest absolute Gasteiger partial charge is 0.376 e. The Morgan fingerprint density at radius 3 is 2.76 bits per heavy atom. The molecule has 1 N–H and O–H groups in total. The van der Waals surface area contributed by atoms with Crippen molar-refractivity contribution >= 4 is 11.8 Å². The number of carbonyl (C=O) groups excluding carboxylic acids is 1. The van der Waals surface area contributed by atoms with E-state index in [4.69, 9.17) is 0 Å². The molecular formula is C11H16N4O2. The summed E-state index contributed by atoms with van der Waals surface area (Å²) in [6.07, 6.45) is 0. The van der Waals surface area contributed by atoms with Crippen LogP contribution < -0.4 is 10.2 Å². The molecule has 0 amide bonds. The van der Waals surface area contributed by atoms with E-state index in [9.17, 15) is 4.79 Å². The first kappa shape index (κ1) is 11.8. The number of hydrogen-bond donors (Lipinski definition) is 1. The van der Waals surface area contributed by atoms with E-state index in [1.165, 1.54) is 7.11 Å². The van der Waals surface area contributed by atoms with Gasteiger partial charge in [0.1, 0.15) is 5.82 Å². The van der Waals surface area contributed by atoms with E-state index in [0.717, 1.165) is 24.6 Å². The molecule has 17 heavy (non-hydrogen) atoms. The molecule has 6 nitrogen and oxygen atoms in total. The minimum Gasteiger partial charge on any atom is -0.463 e. The summed E-state index contributed by atoms with van der Waals surface area (Å²) in [5.74, 6) is 0.362. The number of ether oxygens (including phenoxy) is 1. The summed E-state index contributed by atoms with van der Waals surface area (Å²) in [6.45, 7) is 3.71. The molecule has 0 radical (unpaired) electrons. The first-order chi connectivity index (χ1) is 8.11. The van der Waals surface area contributed by atoms with Crippen LogP contribution in [0, 0.1) is 6.92 Å². The summed E-state index contributed by atoms with van der Waals surface area (Å²) < 4.78 is 4.63. The molecule has 1 aliphatic heterocycles. The predicted molar refractivity (Wildman–Crippen MR) is 63.2 cm³/mol. The van der Waals surface area contributed by atoms with Gasteiger partial charge >= 0.3 is 5.97 Å². The second-order valence-electron chi connectivity index (χ2n) is 4.11. The molecule has 0 bridgehead atoms. The lowest BCUT2D eigenvalue weighted by molar-refractivity contribution is 0.0586. The van der Waals surface area contributed by atoms with Crippen molar-refractivity contribution in [1.29, 1.82) is 0 Å². The van der Waals surface area contributed by atoms with Gasteiger partial charge in [0.15, 0.2) is 0 Å². The van der Waals surface area contributed by atoms with Gasteiger partial charge in [-0.1, -0.05) is 0 Å². The zero-order valence-electron chi connectivity index (χ0n) is 10.2. The molecule has 0 spiro atoms. The number of hydrogen-bond acceptors (Lipinski definition) is 6. The summed E-state index contributed by atoms with van der Waals surface area (Å²) in [5.41, 5.74) is 0.759. The fourth-order valence-electron chi connectivity index (χ4n) is 1.65. The lowest BCUT2D eigenvalue weighted by Gasteiger charge is -2.36. The summed E-state index contributed by atoms with van der Waals surface area (Å²) in [4.78, 5) is 21.8. The molecular weight excluding hydrogens is 220 g/mol. The van der Waals surface area contributed by atoms with Crippen LogP contribution in [-0.2, 0) is 4.74 Å². The van der Waals surface area contributed by atoms with Crippen molar-refractivity contribution < 1.29 is 9.53 Å². The van der Waals surface area contributed by atoms with Crippen LogP contribution in [0.2, 0.25) is 0 Å². The first-order valence-electron chi connectivity index (χ1n) is 5.49. The molecule has 1 saturated heterocycles. The number of aryl methyl sites for hydroxylation is 1. The van der Waals surface area contributed by atoms with E-state index < -0.39 is 5.97 Å². The van der Waals surface area contributed by atoms with E-state index in [1.54, 1.807) is 0 Å². The molecule has 2 rings (SSSR count). The summed E-state index contributed by atoms with van der Waals surface area (Å²) in [5, 5.41) is 3.20. The SMILES string of the molecule is COC(=O)c1nc(C)cc(N(C)C2CNC2)n1. The zero-order valence-corrected chi connectivity index (χ0v) is 10.2. The number of aromatic nitrogens is 2. The van der Waals surface area contributed by atoms with E-state index in [2.05, 4.69) is 24.9 Å². The molecule has 2 heterocycles. The van der Waals surface area contributed by atoms with Gasteiger partial charge in [-0.25, -0.2) is 14.8 Å². The molecule has 0 atom stereocenters. The molecule has 0 aliphatic carbocycles. The summed E-state index contributed by atoms with van der Waals surface area (Å²) in [6, 6.07) is 2.29. The average Bonchev–Trinajstić information content (AvgIpc) is 2.24.